The van der Waals surface area contributed by atoms with Gasteiger partial charge in [-0.25, -0.2) is 0 Å². The summed E-state index contributed by atoms with van der Waals surface area (Å²) in [6, 6.07) is 0.624. The lowest BCUT2D eigenvalue weighted by atomic mass is 10.2. The molecule has 0 N–H and O–H groups in total. The number of nitrogens with zero attached hydrogens (tertiary/aromatic N) is 3. The van der Waals surface area contributed by atoms with Crippen molar-refractivity contribution >= 4 is 17.6 Å². The molecule has 1 aromatic heterocycles. The molecule has 2 rings (SSSR count). The van der Waals surface area contributed by atoms with Gasteiger partial charge in [-0.15, -0.1) is 16.7 Å². The van der Waals surface area contributed by atoms with Gasteiger partial charge in [-0.2, -0.15) is 0 Å². The number of aromatic nitrogens is 2. The molecule has 5 heteroatoms. The van der Waals surface area contributed by atoms with Gasteiger partial charge in [-0.1, -0.05) is 17.9 Å². The Morgan fingerprint density at radius 2 is 1.87 bits per heavy atom. The van der Waals surface area contributed by atoms with E-state index in [0.717, 1.165) is 13.1 Å². The van der Waals surface area contributed by atoms with Gasteiger partial charge in [0.25, 0.3) is 0 Å². The highest BCUT2D eigenvalue weighted by Crippen LogP contribution is 2.23. The van der Waals surface area contributed by atoms with E-state index < -0.39 is 0 Å². The summed E-state index contributed by atoms with van der Waals surface area (Å²) in [4.78, 5) is 2.16. The van der Waals surface area contributed by atoms with E-state index in [4.69, 9.17) is 16.0 Å². The fraction of sp³-hybridized carbons (Fsp3) is 0.800. The Morgan fingerprint density at radius 3 is 2.40 bits per heavy atom. The molecule has 84 valence electrons. The van der Waals surface area contributed by atoms with Crippen LogP contribution < -0.4 is 4.90 Å². The zero-order chi connectivity index (χ0) is 10.7. The minimum absolute atomic E-state index is 0.210. The second-order valence-corrected chi connectivity index (χ2v) is 4.59. The van der Waals surface area contributed by atoms with Gasteiger partial charge < -0.3 is 9.32 Å². The van der Waals surface area contributed by atoms with Crippen molar-refractivity contribution in [1.82, 2.24) is 10.2 Å². The molecule has 1 unspecified atom stereocenters. The van der Waals surface area contributed by atoms with E-state index in [1.165, 1.54) is 25.7 Å². The second kappa shape index (κ2) is 4.84. The minimum atomic E-state index is -0.210. The molecule has 2 heterocycles. The van der Waals surface area contributed by atoms with Crippen LogP contribution in [-0.2, 0) is 0 Å². The van der Waals surface area contributed by atoms with Crippen LogP contribution in [0.3, 0.4) is 0 Å². The zero-order valence-electron chi connectivity index (χ0n) is 8.95. The number of halogens is 1. The van der Waals surface area contributed by atoms with Gasteiger partial charge in [0.1, 0.15) is 5.38 Å². The topological polar surface area (TPSA) is 42.2 Å². The quantitative estimate of drug-likeness (QED) is 0.732. The van der Waals surface area contributed by atoms with Gasteiger partial charge >= 0.3 is 6.01 Å². The summed E-state index contributed by atoms with van der Waals surface area (Å²) < 4.78 is 5.51. The van der Waals surface area contributed by atoms with Gasteiger partial charge in [0.15, 0.2) is 0 Å². The van der Waals surface area contributed by atoms with Gasteiger partial charge in [-0.3, -0.25) is 0 Å². The largest absolute Gasteiger partial charge is 0.406 e. The monoisotopic (exact) mass is 229 g/mol. The summed E-state index contributed by atoms with van der Waals surface area (Å²) in [6.45, 7) is 3.86. The third-order valence-electron chi connectivity index (χ3n) is 2.65. The SMILES string of the molecule is CC(Cl)c1nnc(N2CCCCCC2)o1. The van der Waals surface area contributed by atoms with Crippen molar-refractivity contribution in [2.75, 3.05) is 18.0 Å². The summed E-state index contributed by atoms with van der Waals surface area (Å²) >= 11 is 5.87. The van der Waals surface area contributed by atoms with Crippen LogP contribution in [0.15, 0.2) is 4.42 Å². The van der Waals surface area contributed by atoms with E-state index in [0.29, 0.717) is 11.9 Å². The van der Waals surface area contributed by atoms with Crippen molar-refractivity contribution in [3.05, 3.63) is 5.89 Å². The molecule has 1 aromatic rings. The van der Waals surface area contributed by atoms with E-state index in [1.54, 1.807) is 0 Å². The molecule has 0 bridgehead atoms. The first-order chi connectivity index (χ1) is 7.27. The molecule has 1 atom stereocenters. The summed E-state index contributed by atoms with van der Waals surface area (Å²) in [7, 11) is 0. The maximum absolute atomic E-state index is 5.87. The number of rotatable bonds is 2. The highest BCUT2D eigenvalue weighted by molar-refractivity contribution is 6.20. The lowest BCUT2D eigenvalue weighted by molar-refractivity contribution is 0.483. The Morgan fingerprint density at radius 1 is 1.20 bits per heavy atom. The fourth-order valence-electron chi connectivity index (χ4n) is 1.78. The van der Waals surface area contributed by atoms with Crippen molar-refractivity contribution in [3.8, 4) is 0 Å². The first kappa shape index (κ1) is 10.7. The lowest BCUT2D eigenvalue weighted by Gasteiger charge is -2.16. The minimum Gasteiger partial charge on any atom is -0.406 e. The number of anilines is 1. The van der Waals surface area contributed by atoms with Crippen LogP contribution in [0.5, 0.6) is 0 Å². The van der Waals surface area contributed by atoms with E-state index in [2.05, 4.69) is 15.1 Å². The highest BCUT2D eigenvalue weighted by Gasteiger charge is 2.17. The molecule has 0 aromatic carbocycles. The molecule has 0 radical (unpaired) electrons. The predicted octanol–water partition coefficient (Wildman–Crippen LogP) is 2.75. The van der Waals surface area contributed by atoms with Crippen LogP contribution in [-0.4, -0.2) is 23.3 Å². The van der Waals surface area contributed by atoms with Crippen LogP contribution in [0.25, 0.3) is 0 Å². The molecular weight excluding hydrogens is 214 g/mol. The number of hydrogen-bond acceptors (Lipinski definition) is 4. The maximum atomic E-state index is 5.87. The van der Waals surface area contributed by atoms with Crippen molar-refractivity contribution in [1.29, 1.82) is 0 Å². The van der Waals surface area contributed by atoms with Crippen LogP contribution in [0.2, 0.25) is 0 Å². The molecule has 1 fully saturated rings. The van der Waals surface area contributed by atoms with Crippen LogP contribution >= 0.6 is 11.6 Å². The predicted molar refractivity (Wildman–Crippen MR) is 59.2 cm³/mol. The van der Waals surface area contributed by atoms with Crippen molar-refractivity contribution < 1.29 is 4.42 Å². The average molecular weight is 230 g/mol. The number of hydrogen-bond donors (Lipinski definition) is 0. The number of alkyl halides is 1. The van der Waals surface area contributed by atoms with E-state index in [-0.39, 0.29) is 5.38 Å². The first-order valence-electron chi connectivity index (χ1n) is 5.50. The normalized spacial score (nSPS) is 20.0. The smallest absolute Gasteiger partial charge is 0.318 e. The Labute approximate surface area is 94.6 Å². The third-order valence-corrected chi connectivity index (χ3v) is 2.83. The molecule has 0 saturated carbocycles. The molecule has 15 heavy (non-hydrogen) atoms. The fourth-order valence-corrected chi connectivity index (χ4v) is 1.87. The van der Waals surface area contributed by atoms with Crippen molar-refractivity contribution in [2.24, 2.45) is 0 Å². The van der Waals surface area contributed by atoms with Crippen molar-refractivity contribution in [2.45, 2.75) is 38.0 Å². The zero-order valence-corrected chi connectivity index (χ0v) is 9.70. The van der Waals surface area contributed by atoms with E-state index >= 15 is 0 Å². The summed E-state index contributed by atoms with van der Waals surface area (Å²) in [5.74, 6) is 0.510. The lowest BCUT2D eigenvalue weighted by Crippen LogP contribution is -2.24. The molecule has 0 aliphatic carbocycles. The van der Waals surface area contributed by atoms with Gasteiger partial charge in [0, 0.05) is 13.1 Å². The molecule has 1 aliphatic heterocycles. The maximum Gasteiger partial charge on any atom is 0.318 e. The van der Waals surface area contributed by atoms with Crippen LogP contribution in [0.4, 0.5) is 6.01 Å². The highest BCUT2D eigenvalue weighted by atomic mass is 35.5. The second-order valence-electron chi connectivity index (χ2n) is 3.94. The Bertz CT molecular complexity index is 305. The molecular formula is C10H16ClN3O. The third kappa shape index (κ3) is 2.62. The van der Waals surface area contributed by atoms with Crippen molar-refractivity contribution in [3.63, 3.8) is 0 Å². The first-order valence-corrected chi connectivity index (χ1v) is 5.93. The molecule has 0 amide bonds. The molecule has 4 nitrogen and oxygen atoms in total. The molecule has 1 saturated heterocycles. The van der Waals surface area contributed by atoms with Crippen LogP contribution in [0, 0.1) is 0 Å². The molecule has 0 spiro atoms. The van der Waals surface area contributed by atoms with E-state index in [9.17, 15) is 0 Å². The van der Waals surface area contributed by atoms with Gasteiger partial charge in [0.05, 0.1) is 0 Å². The Balaban J connectivity index is 2.06. The Hall–Kier alpha value is -0.770. The Kier molecular flexibility index (Phi) is 3.46. The summed E-state index contributed by atoms with van der Waals surface area (Å²) in [6.07, 6.45) is 5.00. The average Bonchev–Trinajstić information content (AvgIpc) is 2.55. The molecule has 1 aliphatic rings. The van der Waals surface area contributed by atoms with Gasteiger partial charge in [0.2, 0.25) is 5.89 Å². The van der Waals surface area contributed by atoms with Gasteiger partial charge in [-0.05, 0) is 19.8 Å². The van der Waals surface area contributed by atoms with E-state index in [1.807, 2.05) is 6.92 Å². The standard InChI is InChI=1S/C10H16ClN3O/c1-8(11)9-12-13-10(15-9)14-6-4-2-3-5-7-14/h8H,2-7H2,1H3. The van der Waals surface area contributed by atoms with Crippen LogP contribution in [0.1, 0.15) is 43.9 Å². The summed E-state index contributed by atoms with van der Waals surface area (Å²) in [5, 5.41) is 7.75. The summed E-state index contributed by atoms with van der Waals surface area (Å²) in [5.41, 5.74) is 0.